The van der Waals surface area contributed by atoms with E-state index in [0.29, 0.717) is 24.4 Å². The summed E-state index contributed by atoms with van der Waals surface area (Å²) in [5.74, 6) is 0.251. The highest BCUT2D eigenvalue weighted by Gasteiger charge is 2.03. The Hall–Kier alpha value is -3.02. The summed E-state index contributed by atoms with van der Waals surface area (Å²) in [4.78, 5) is 22.6. The lowest BCUT2D eigenvalue weighted by atomic mass is 10.2. The monoisotopic (exact) mass is 299 g/mol. The Morgan fingerprint density at radius 2 is 1.68 bits per heavy atom. The number of rotatable bonds is 6. The fraction of sp³-hybridized carbons (Fsp3) is 0.125. The van der Waals surface area contributed by atoms with Crippen molar-refractivity contribution in [3.63, 3.8) is 0 Å². The Labute approximate surface area is 128 Å². The molecular formula is C16H17N3O3. The summed E-state index contributed by atoms with van der Waals surface area (Å²) in [6, 6.07) is 15.3. The smallest absolute Gasteiger partial charge is 0.319 e. The molecule has 0 bridgehead atoms. The lowest BCUT2D eigenvalue weighted by Crippen LogP contribution is -2.32. The molecule has 6 nitrogen and oxygen atoms in total. The highest BCUT2D eigenvalue weighted by molar-refractivity contribution is 5.94. The van der Waals surface area contributed by atoms with E-state index in [2.05, 4.69) is 10.6 Å². The number of ether oxygens (including phenoxy) is 1. The fourth-order valence-corrected chi connectivity index (χ4v) is 1.74. The van der Waals surface area contributed by atoms with Crippen LogP contribution < -0.4 is 21.1 Å². The van der Waals surface area contributed by atoms with Crippen LogP contribution in [0.15, 0.2) is 54.6 Å². The second-order valence-corrected chi connectivity index (χ2v) is 4.48. The first-order chi connectivity index (χ1) is 10.6. The third-order valence-corrected chi connectivity index (χ3v) is 2.83. The van der Waals surface area contributed by atoms with E-state index in [0.717, 1.165) is 5.75 Å². The van der Waals surface area contributed by atoms with Gasteiger partial charge in [-0.05, 0) is 36.4 Å². The number of nitrogens with two attached hydrogens (primary N) is 1. The Bertz CT molecular complexity index is 627. The van der Waals surface area contributed by atoms with Crippen molar-refractivity contribution in [1.29, 1.82) is 0 Å². The molecule has 0 aliphatic rings. The van der Waals surface area contributed by atoms with Crippen LogP contribution in [0.3, 0.4) is 0 Å². The van der Waals surface area contributed by atoms with Crippen LogP contribution in [0.4, 0.5) is 10.5 Å². The number of carbonyl (C=O) groups is 2. The van der Waals surface area contributed by atoms with Gasteiger partial charge in [0.15, 0.2) is 0 Å². The summed E-state index contributed by atoms with van der Waals surface area (Å²) >= 11 is 0. The van der Waals surface area contributed by atoms with Crippen LogP contribution >= 0.6 is 0 Å². The first-order valence-corrected chi connectivity index (χ1v) is 6.78. The SMILES string of the molecule is NC(=O)c1ccc(NC(=O)NCCOc2ccccc2)cc1. The van der Waals surface area contributed by atoms with E-state index < -0.39 is 5.91 Å². The van der Waals surface area contributed by atoms with E-state index in [4.69, 9.17) is 10.5 Å². The van der Waals surface area contributed by atoms with Crippen molar-refractivity contribution in [2.75, 3.05) is 18.5 Å². The number of para-hydroxylation sites is 1. The van der Waals surface area contributed by atoms with Gasteiger partial charge in [-0.25, -0.2) is 4.79 Å². The Morgan fingerprint density at radius 3 is 2.32 bits per heavy atom. The van der Waals surface area contributed by atoms with E-state index >= 15 is 0 Å². The molecule has 114 valence electrons. The molecule has 0 heterocycles. The predicted octanol–water partition coefficient (Wildman–Crippen LogP) is 1.99. The largest absolute Gasteiger partial charge is 0.492 e. The second-order valence-electron chi connectivity index (χ2n) is 4.48. The van der Waals surface area contributed by atoms with Crippen molar-refractivity contribution in [3.05, 3.63) is 60.2 Å². The minimum atomic E-state index is -0.505. The molecule has 2 aromatic carbocycles. The molecule has 0 spiro atoms. The lowest BCUT2D eigenvalue weighted by Gasteiger charge is -2.09. The summed E-state index contributed by atoms with van der Waals surface area (Å²) in [5, 5.41) is 5.32. The van der Waals surface area contributed by atoms with Crippen LogP contribution in [-0.2, 0) is 0 Å². The molecule has 0 aliphatic heterocycles. The molecule has 0 unspecified atom stereocenters. The van der Waals surface area contributed by atoms with Gasteiger partial charge in [0.25, 0.3) is 0 Å². The number of primary amides is 1. The third-order valence-electron chi connectivity index (χ3n) is 2.83. The molecule has 3 amide bonds. The van der Waals surface area contributed by atoms with Gasteiger partial charge in [-0.15, -0.1) is 0 Å². The molecule has 0 aromatic heterocycles. The van der Waals surface area contributed by atoms with Crippen molar-refractivity contribution >= 4 is 17.6 Å². The maximum absolute atomic E-state index is 11.7. The number of urea groups is 1. The maximum atomic E-state index is 11.7. The molecule has 0 saturated carbocycles. The van der Waals surface area contributed by atoms with Crippen LogP contribution in [-0.4, -0.2) is 25.1 Å². The number of hydrogen-bond donors (Lipinski definition) is 3. The first kappa shape index (κ1) is 15.4. The van der Waals surface area contributed by atoms with Crippen molar-refractivity contribution < 1.29 is 14.3 Å². The number of amides is 3. The van der Waals surface area contributed by atoms with Gasteiger partial charge in [0.1, 0.15) is 12.4 Å². The zero-order valence-electron chi connectivity index (χ0n) is 11.9. The molecule has 0 saturated heterocycles. The number of benzene rings is 2. The molecule has 2 aromatic rings. The molecule has 4 N–H and O–H groups in total. The van der Waals surface area contributed by atoms with Gasteiger partial charge in [0.05, 0.1) is 6.54 Å². The maximum Gasteiger partial charge on any atom is 0.319 e. The van der Waals surface area contributed by atoms with Gasteiger partial charge in [0.2, 0.25) is 5.91 Å². The van der Waals surface area contributed by atoms with Gasteiger partial charge in [-0.2, -0.15) is 0 Å². The fourth-order valence-electron chi connectivity index (χ4n) is 1.74. The van der Waals surface area contributed by atoms with Crippen molar-refractivity contribution in [1.82, 2.24) is 5.32 Å². The Balaban J connectivity index is 1.70. The van der Waals surface area contributed by atoms with Crippen LogP contribution in [0, 0.1) is 0 Å². The van der Waals surface area contributed by atoms with E-state index in [1.807, 2.05) is 30.3 Å². The number of carbonyl (C=O) groups excluding carboxylic acids is 2. The van der Waals surface area contributed by atoms with Crippen LogP contribution in [0.1, 0.15) is 10.4 Å². The number of nitrogens with one attached hydrogen (secondary N) is 2. The zero-order valence-corrected chi connectivity index (χ0v) is 11.9. The van der Waals surface area contributed by atoms with Gasteiger partial charge >= 0.3 is 6.03 Å². The lowest BCUT2D eigenvalue weighted by molar-refractivity contribution is 0.100. The quantitative estimate of drug-likeness (QED) is 0.712. The summed E-state index contributed by atoms with van der Waals surface area (Å²) in [7, 11) is 0. The number of anilines is 1. The standard InChI is InChI=1S/C16H17N3O3/c17-15(20)12-6-8-13(9-7-12)19-16(21)18-10-11-22-14-4-2-1-3-5-14/h1-9H,10-11H2,(H2,17,20)(H2,18,19,21). The van der Waals surface area contributed by atoms with Crippen molar-refractivity contribution in [2.24, 2.45) is 5.73 Å². The molecular weight excluding hydrogens is 282 g/mol. The summed E-state index contributed by atoms with van der Waals surface area (Å²) < 4.78 is 5.45. The molecule has 6 heteroatoms. The van der Waals surface area contributed by atoms with E-state index in [1.54, 1.807) is 24.3 Å². The molecule has 0 radical (unpaired) electrons. The topological polar surface area (TPSA) is 93.5 Å². The normalized spacial score (nSPS) is 9.82. The summed E-state index contributed by atoms with van der Waals surface area (Å²) in [5.41, 5.74) is 6.11. The Kier molecular flexibility index (Phi) is 5.37. The highest BCUT2D eigenvalue weighted by atomic mass is 16.5. The van der Waals surface area contributed by atoms with E-state index in [9.17, 15) is 9.59 Å². The molecule has 0 fully saturated rings. The minimum Gasteiger partial charge on any atom is -0.492 e. The third kappa shape index (κ3) is 4.82. The molecule has 22 heavy (non-hydrogen) atoms. The second kappa shape index (κ2) is 7.68. The zero-order chi connectivity index (χ0) is 15.8. The summed E-state index contributed by atoms with van der Waals surface area (Å²) in [6.07, 6.45) is 0. The van der Waals surface area contributed by atoms with Gasteiger partial charge in [-0.3, -0.25) is 4.79 Å². The first-order valence-electron chi connectivity index (χ1n) is 6.78. The van der Waals surface area contributed by atoms with Crippen LogP contribution in [0.5, 0.6) is 5.75 Å². The minimum absolute atomic E-state index is 0.344. The highest BCUT2D eigenvalue weighted by Crippen LogP contribution is 2.09. The van der Waals surface area contributed by atoms with Gasteiger partial charge in [0, 0.05) is 11.3 Å². The van der Waals surface area contributed by atoms with Crippen LogP contribution in [0.25, 0.3) is 0 Å². The van der Waals surface area contributed by atoms with Gasteiger partial charge in [-0.1, -0.05) is 18.2 Å². The predicted molar refractivity (Wildman–Crippen MR) is 83.9 cm³/mol. The number of hydrogen-bond acceptors (Lipinski definition) is 3. The van der Waals surface area contributed by atoms with Crippen molar-refractivity contribution in [3.8, 4) is 5.75 Å². The average molecular weight is 299 g/mol. The van der Waals surface area contributed by atoms with Crippen LogP contribution in [0.2, 0.25) is 0 Å². The average Bonchev–Trinajstić information content (AvgIpc) is 2.53. The summed E-state index contributed by atoms with van der Waals surface area (Å²) in [6.45, 7) is 0.748. The molecule has 0 atom stereocenters. The molecule has 0 aliphatic carbocycles. The van der Waals surface area contributed by atoms with E-state index in [-0.39, 0.29) is 6.03 Å². The van der Waals surface area contributed by atoms with Gasteiger partial charge < -0.3 is 21.1 Å². The van der Waals surface area contributed by atoms with E-state index in [1.165, 1.54) is 0 Å². The Morgan fingerprint density at radius 1 is 1.00 bits per heavy atom. The van der Waals surface area contributed by atoms with Crippen molar-refractivity contribution in [2.45, 2.75) is 0 Å². The molecule has 2 rings (SSSR count).